The van der Waals surface area contributed by atoms with Gasteiger partial charge in [-0.05, 0) is 37.4 Å². The van der Waals surface area contributed by atoms with E-state index in [1.165, 1.54) is 0 Å². The van der Waals surface area contributed by atoms with Crippen LogP contribution in [0.4, 0.5) is 0 Å². The highest BCUT2D eigenvalue weighted by atomic mass is 35.5. The molecule has 0 heterocycles. The first kappa shape index (κ1) is 21.9. The summed E-state index contributed by atoms with van der Waals surface area (Å²) in [5, 5.41) is 0.465. The highest BCUT2D eigenvalue weighted by Crippen LogP contribution is 2.20. The molecule has 0 saturated carbocycles. The minimum Gasteiger partial charge on any atom is -0.459 e. The van der Waals surface area contributed by atoms with Crippen LogP contribution < -0.4 is 11.5 Å². The summed E-state index contributed by atoms with van der Waals surface area (Å²) in [5.74, 6) is -1.67. The smallest absolute Gasteiger partial charge is 0.338 e. The van der Waals surface area contributed by atoms with Crippen molar-refractivity contribution in [2.24, 2.45) is 11.5 Å². The van der Waals surface area contributed by atoms with Crippen molar-refractivity contribution in [3.05, 3.63) is 70.7 Å². The molecule has 7 heteroatoms. The number of carbonyl (C=O) groups is 2. The number of esters is 2. The topological polar surface area (TPSA) is 105 Å². The average molecular weight is 405 g/mol. The molecule has 0 aliphatic rings. The molecule has 4 N–H and O–H groups in total. The summed E-state index contributed by atoms with van der Waals surface area (Å²) in [6.45, 7) is 0.372. The van der Waals surface area contributed by atoms with Crippen molar-refractivity contribution in [3.63, 3.8) is 0 Å². The molecule has 2 rings (SSSR count). The highest BCUT2D eigenvalue weighted by molar-refractivity contribution is 6.31. The molecule has 1 atom stereocenters. The van der Waals surface area contributed by atoms with E-state index in [1.54, 1.807) is 24.3 Å². The number of benzene rings is 2. The molecule has 150 valence electrons. The molecule has 0 aliphatic carbocycles. The fourth-order valence-corrected chi connectivity index (χ4v) is 2.77. The summed E-state index contributed by atoms with van der Waals surface area (Å²) >= 11 is 6.08. The van der Waals surface area contributed by atoms with Crippen LogP contribution in [0.2, 0.25) is 5.02 Å². The van der Waals surface area contributed by atoms with E-state index in [4.69, 9.17) is 32.5 Å². The number of unbranched alkanes of at least 4 members (excludes halogenated alkanes) is 1. The Balaban J connectivity index is 2.05. The van der Waals surface area contributed by atoms with Gasteiger partial charge in [0.15, 0.2) is 0 Å². The van der Waals surface area contributed by atoms with Gasteiger partial charge in [-0.2, -0.15) is 0 Å². The maximum absolute atomic E-state index is 12.7. The van der Waals surface area contributed by atoms with Gasteiger partial charge in [-0.1, -0.05) is 60.1 Å². The van der Waals surface area contributed by atoms with Crippen LogP contribution in [0.25, 0.3) is 0 Å². The van der Waals surface area contributed by atoms with Crippen LogP contribution in [0.15, 0.2) is 54.6 Å². The van der Waals surface area contributed by atoms with Gasteiger partial charge >= 0.3 is 11.9 Å². The quantitative estimate of drug-likeness (QED) is 0.358. The molecule has 0 spiro atoms. The average Bonchev–Trinajstić information content (AvgIpc) is 2.72. The predicted octanol–water partition coefficient (Wildman–Crippen LogP) is 2.95. The molecule has 28 heavy (non-hydrogen) atoms. The largest absolute Gasteiger partial charge is 0.459 e. The van der Waals surface area contributed by atoms with Crippen molar-refractivity contribution < 1.29 is 19.1 Å². The van der Waals surface area contributed by atoms with Crippen LogP contribution in [0, 0.1) is 0 Å². The standard InChI is InChI=1S/C21H25ClN2O4/c22-18-11-5-4-10-17(18)15-28-20(26)21(24,12-6-7-13-23)19(25)27-14-16-8-2-1-3-9-16/h1-5,8-11H,6-7,12-15,23-24H2/t21-/m0/s1. The third-order valence-corrected chi connectivity index (χ3v) is 4.65. The molecule has 0 aliphatic heterocycles. The van der Waals surface area contributed by atoms with Crippen molar-refractivity contribution in [3.8, 4) is 0 Å². The van der Waals surface area contributed by atoms with Crippen LogP contribution in [0.3, 0.4) is 0 Å². The molecule has 0 bridgehead atoms. The lowest BCUT2D eigenvalue weighted by Gasteiger charge is -2.25. The van der Waals surface area contributed by atoms with E-state index in [9.17, 15) is 9.59 Å². The van der Waals surface area contributed by atoms with E-state index in [0.717, 1.165) is 5.56 Å². The Bertz CT molecular complexity index is 785. The first-order valence-corrected chi connectivity index (χ1v) is 9.46. The lowest BCUT2D eigenvalue weighted by Crippen LogP contribution is -2.56. The molecule has 0 fully saturated rings. The zero-order valence-electron chi connectivity index (χ0n) is 15.6. The lowest BCUT2D eigenvalue weighted by molar-refractivity contribution is -0.166. The van der Waals surface area contributed by atoms with Crippen LogP contribution in [0.5, 0.6) is 0 Å². The zero-order valence-corrected chi connectivity index (χ0v) is 16.4. The molecule has 0 amide bonds. The van der Waals surface area contributed by atoms with E-state index in [1.807, 2.05) is 30.3 Å². The number of ether oxygens (including phenoxy) is 2. The maximum Gasteiger partial charge on any atom is 0.338 e. The normalized spacial score (nSPS) is 12.8. The van der Waals surface area contributed by atoms with Gasteiger partial charge in [-0.25, -0.2) is 9.59 Å². The number of rotatable bonds is 10. The van der Waals surface area contributed by atoms with Gasteiger partial charge in [0.05, 0.1) is 0 Å². The number of hydrogen-bond acceptors (Lipinski definition) is 6. The maximum atomic E-state index is 12.7. The summed E-state index contributed by atoms with van der Waals surface area (Å²) in [5.41, 5.74) is 11.2. The Kier molecular flexibility index (Phi) is 8.44. The van der Waals surface area contributed by atoms with Gasteiger partial charge in [-0.3, -0.25) is 0 Å². The third kappa shape index (κ3) is 6.05. The number of halogens is 1. The van der Waals surface area contributed by atoms with E-state index in [2.05, 4.69) is 0 Å². The highest BCUT2D eigenvalue weighted by Gasteiger charge is 2.45. The summed E-state index contributed by atoms with van der Waals surface area (Å²) in [6.07, 6.45) is 1.20. The molecule has 0 unspecified atom stereocenters. The van der Waals surface area contributed by atoms with Gasteiger partial charge in [0.2, 0.25) is 5.54 Å². The molecule has 6 nitrogen and oxygen atoms in total. The van der Waals surface area contributed by atoms with Gasteiger partial charge < -0.3 is 20.9 Å². The second kappa shape index (κ2) is 10.8. The van der Waals surface area contributed by atoms with Crippen molar-refractivity contribution in [2.45, 2.75) is 38.0 Å². The molecule has 2 aromatic carbocycles. The number of carbonyl (C=O) groups excluding carboxylic acids is 2. The van der Waals surface area contributed by atoms with Crippen molar-refractivity contribution in [1.82, 2.24) is 0 Å². The van der Waals surface area contributed by atoms with Gasteiger partial charge in [0, 0.05) is 10.6 Å². The predicted molar refractivity (Wildman–Crippen MR) is 107 cm³/mol. The third-order valence-electron chi connectivity index (χ3n) is 4.28. The van der Waals surface area contributed by atoms with Crippen molar-refractivity contribution in [2.75, 3.05) is 6.54 Å². The molecule has 0 radical (unpaired) electrons. The van der Waals surface area contributed by atoms with Crippen LogP contribution in [0.1, 0.15) is 30.4 Å². The van der Waals surface area contributed by atoms with E-state index in [-0.39, 0.29) is 19.6 Å². The Morgan fingerprint density at radius 3 is 2.14 bits per heavy atom. The molecule has 0 saturated heterocycles. The van der Waals surface area contributed by atoms with Gasteiger partial charge in [-0.15, -0.1) is 0 Å². The monoisotopic (exact) mass is 404 g/mol. The van der Waals surface area contributed by atoms with Gasteiger partial charge in [0.1, 0.15) is 13.2 Å². The fraction of sp³-hybridized carbons (Fsp3) is 0.333. The van der Waals surface area contributed by atoms with Gasteiger partial charge in [0.25, 0.3) is 0 Å². The zero-order chi connectivity index (χ0) is 20.4. The van der Waals surface area contributed by atoms with Crippen molar-refractivity contribution in [1.29, 1.82) is 0 Å². The van der Waals surface area contributed by atoms with E-state index in [0.29, 0.717) is 30.0 Å². The Morgan fingerprint density at radius 1 is 0.893 bits per heavy atom. The first-order chi connectivity index (χ1) is 13.5. The summed E-state index contributed by atoms with van der Waals surface area (Å²) < 4.78 is 10.6. The van der Waals surface area contributed by atoms with Crippen molar-refractivity contribution >= 4 is 23.5 Å². The van der Waals surface area contributed by atoms with Crippen LogP contribution in [-0.4, -0.2) is 24.0 Å². The molecular weight excluding hydrogens is 380 g/mol. The lowest BCUT2D eigenvalue weighted by atomic mass is 9.93. The molecule has 2 aromatic rings. The second-order valence-corrected chi connectivity index (χ2v) is 6.85. The second-order valence-electron chi connectivity index (χ2n) is 6.45. The van der Waals surface area contributed by atoms with E-state index >= 15 is 0 Å². The number of hydrogen-bond donors (Lipinski definition) is 2. The van der Waals surface area contributed by atoms with E-state index < -0.39 is 17.5 Å². The SMILES string of the molecule is NCCCC[C@](N)(C(=O)OCc1ccccc1)C(=O)OCc1ccccc1Cl. The molecular formula is C21H25ClN2O4. The Hall–Kier alpha value is -2.41. The van der Waals surface area contributed by atoms with Crippen LogP contribution >= 0.6 is 11.6 Å². The summed E-state index contributed by atoms with van der Waals surface area (Å²) in [4.78, 5) is 25.3. The summed E-state index contributed by atoms with van der Waals surface area (Å²) in [6, 6.07) is 16.1. The first-order valence-electron chi connectivity index (χ1n) is 9.08. The minimum atomic E-state index is -1.90. The molecule has 0 aromatic heterocycles. The fourth-order valence-electron chi connectivity index (χ4n) is 2.58. The summed E-state index contributed by atoms with van der Waals surface area (Å²) in [7, 11) is 0. The Labute approximate surface area is 169 Å². The minimum absolute atomic E-state index is 0.0211. The Morgan fingerprint density at radius 2 is 1.50 bits per heavy atom. The number of nitrogens with two attached hydrogens (primary N) is 2. The van der Waals surface area contributed by atoms with Crippen LogP contribution in [-0.2, 0) is 32.3 Å².